The number of nitrogens with zero attached hydrogens (tertiary/aromatic N) is 5. The van der Waals surface area contributed by atoms with Gasteiger partial charge in [0.1, 0.15) is 16.1 Å². The van der Waals surface area contributed by atoms with Crippen molar-refractivity contribution in [2.75, 3.05) is 36.5 Å². The standard InChI is InChI=1S/C22H24BrN7O2S/c1-33(31,32)27-11-14-6-8-29(9-7-14)22-19(23)20(24)30-21(28-22)17(13-26-30)16-10-15-4-2-3-5-18(15)25-12-16/h2-5,10,12-14,27H,6-9,11,24H2,1H3. The molecule has 1 aromatic carbocycles. The summed E-state index contributed by atoms with van der Waals surface area (Å²) in [6.07, 6.45) is 6.52. The van der Waals surface area contributed by atoms with Crippen LogP contribution in [0.5, 0.6) is 0 Å². The van der Waals surface area contributed by atoms with E-state index in [9.17, 15) is 8.42 Å². The Kier molecular flexibility index (Phi) is 5.71. The Bertz CT molecular complexity index is 1450. The first-order chi connectivity index (χ1) is 15.8. The zero-order valence-corrected chi connectivity index (χ0v) is 20.5. The third kappa shape index (κ3) is 4.40. The van der Waals surface area contributed by atoms with Gasteiger partial charge in [0.2, 0.25) is 10.0 Å². The summed E-state index contributed by atoms with van der Waals surface area (Å²) in [6.45, 7) is 1.99. The Labute approximate surface area is 200 Å². The second-order valence-corrected chi connectivity index (χ2v) is 11.0. The van der Waals surface area contributed by atoms with Gasteiger partial charge in [-0.25, -0.2) is 18.1 Å². The van der Waals surface area contributed by atoms with Crippen LogP contribution in [0.2, 0.25) is 0 Å². The van der Waals surface area contributed by atoms with Crippen molar-refractivity contribution < 1.29 is 8.42 Å². The number of nitrogen functional groups attached to an aromatic ring is 1. The van der Waals surface area contributed by atoms with Crippen LogP contribution in [0, 0.1) is 5.92 Å². The van der Waals surface area contributed by atoms with Gasteiger partial charge in [0.05, 0.1) is 18.0 Å². The van der Waals surface area contributed by atoms with Crippen molar-refractivity contribution in [2.45, 2.75) is 12.8 Å². The SMILES string of the molecule is CS(=O)(=O)NCC1CCN(c2nc3c(-c4cnc5ccccc5c4)cnn3c(N)c2Br)CC1. The molecule has 0 aliphatic carbocycles. The van der Waals surface area contributed by atoms with E-state index in [1.807, 2.05) is 30.5 Å². The fourth-order valence-electron chi connectivity index (χ4n) is 4.23. The number of fused-ring (bicyclic) bond motifs is 2. The highest BCUT2D eigenvalue weighted by Gasteiger charge is 2.25. The van der Waals surface area contributed by atoms with Crippen LogP contribution < -0.4 is 15.4 Å². The molecule has 1 fully saturated rings. The molecule has 9 nitrogen and oxygen atoms in total. The number of hydrogen-bond acceptors (Lipinski definition) is 7. The van der Waals surface area contributed by atoms with Crippen LogP contribution in [0.15, 0.2) is 47.2 Å². The number of nitrogens with two attached hydrogens (primary N) is 1. The van der Waals surface area contributed by atoms with E-state index in [2.05, 4.69) is 41.7 Å². The lowest BCUT2D eigenvalue weighted by atomic mass is 9.97. The highest BCUT2D eigenvalue weighted by molar-refractivity contribution is 9.10. The van der Waals surface area contributed by atoms with Crippen LogP contribution in [0.3, 0.4) is 0 Å². The van der Waals surface area contributed by atoms with Crippen LogP contribution in [-0.2, 0) is 10.0 Å². The maximum atomic E-state index is 11.4. The molecular formula is C22H24BrN7O2S. The fourth-order valence-corrected chi connectivity index (χ4v) is 5.28. The highest BCUT2D eigenvalue weighted by atomic mass is 79.9. The van der Waals surface area contributed by atoms with Gasteiger partial charge in [-0.05, 0) is 46.8 Å². The van der Waals surface area contributed by atoms with Gasteiger partial charge in [0.15, 0.2) is 5.65 Å². The highest BCUT2D eigenvalue weighted by Crippen LogP contribution is 2.36. The molecule has 1 aliphatic rings. The van der Waals surface area contributed by atoms with Gasteiger partial charge in [-0.2, -0.15) is 9.61 Å². The zero-order chi connectivity index (χ0) is 23.2. The molecule has 5 rings (SSSR count). The predicted molar refractivity (Wildman–Crippen MR) is 134 cm³/mol. The first-order valence-corrected chi connectivity index (χ1v) is 13.4. The zero-order valence-electron chi connectivity index (χ0n) is 18.1. The lowest BCUT2D eigenvalue weighted by Gasteiger charge is -2.33. The average molecular weight is 530 g/mol. The van der Waals surface area contributed by atoms with E-state index in [-0.39, 0.29) is 0 Å². The van der Waals surface area contributed by atoms with Crippen LogP contribution >= 0.6 is 15.9 Å². The van der Waals surface area contributed by atoms with Gasteiger partial charge in [-0.1, -0.05) is 18.2 Å². The molecule has 3 aromatic heterocycles. The number of para-hydroxylation sites is 1. The van der Waals surface area contributed by atoms with Crippen molar-refractivity contribution in [2.24, 2.45) is 5.92 Å². The molecule has 4 heterocycles. The number of halogens is 1. The molecule has 0 spiro atoms. The molecule has 11 heteroatoms. The van der Waals surface area contributed by atoms with E-state index in [1.165, 1.54) is 6.26 Å². The van der Waals surface area contributed by atoms with Crippen LogP contribution in [0.4, 0.5) is 11.6 Å². The fraction of sp³-hybridized carbons (Fsp3) is 0.318. The van der Waals surface area contributed by atoms with Crippen molar-refractivity contribution in [3.05, 3.63) is 47.2 Å². The molecule has 1 aliphatic heterocycles. The van der Waals surface area contributed by atoms with Gasteiger partial charge in [-0.3, -0.25) is 4.98 Å². The minimum atomic E-state index is -3.18. The molecule has 0 unspecified atom stereocenters. The Hall–Kier alpha value is -2.76. The summed E-state index contributed by atoms with van der Waals surface area (Å²) in [5, 5.41) is 5.51. The first-order valence-electron chi connectivity index (χ1n) is 10.7. The number of anilines is 2. The van der Waals surface area contributed by atoms with Gasteiger partial charge in [0.25, 0.3) is 0 Å². The number of sulfonamides is 1. The normalized spacial score (nSPS) is 15.5. The number of nitrogens with one attached hydrogen (secondary N) is 1. The van der Waals surface area contributed by atoms with Crippen molar-refractivity contribution in [3.63, 3.8) is 0 Å². The third-order valence-corrected chi connectivity index (χ3v) is 7.51. The summed E-state index contributed by atoms with van der Waals surface area (Å²) >= 11 is 3.61. The number of hydrogen-bond donors (Lipinski definition) is 2. The Morgan fingerprint density at radius 1 is 1.21 bits per heavy atom. The molecule has 0 saturated carbocycles. The topological polar surface area (TPSA) is 119 Å². The summed E-state index contributed by atoms with van der Waals surface area (Å²) in [7, 11) is -3.18. The third-order valence-electron chi connectivity index (χ3n) is 6.05. The van der Waals surface area contributed by atoms with Gasteiger partial charge < -0.3 is 10.6 Å². The molecule has 0 atom stereocenters. The molecule has 3 N–H and O–H groups in total. The molecule has 1 saturated heterocycles. The van der Waals surface area contributed by atoms with Crippen molar-refractivity contribution in [1.29, 1.82) is 0 Å². The monoisotopic (exact) mass is 529 g/mol. The van der Waals surface area contributed by atoms with Crippen LogP contribution in [0.1, 0.15) is 12.8 Å². The first kappa shape index (κ1) is 22.1. The van der Waals surface area contributed by atoms with E-state index in [1.54, 1.807) is 10.7 Å². The maximum absolute atomic E-state index is 11.4. The minimum Gasteiger partial charge on any atom is -0.383 e. The molecular weight excluding hydrogens is 506 g/mol. The summed E-state index contributed by atoms with van der Waals surface area (Å²) in [6, 6.07) is 10.1. The Morgan fingerprint density at radius 2 is 1.97 bits per heavy atom. The summed E-state index contributed by atoms with van der Waals surface area (Å²) < 4.78 is 27.8. The van der Waals surface area contributed by atoms with Crippen molar-refractivity contribution in [1.82, 2.24) is 24.3 Å². The number of aromatic nitrogens is 4. The van der Waals surface area contributed by atoms with Gasteiger partial charge >= 0.3 is 0 Å². The van der Waals surface area contributed by atoms with Crippen LogP contribution in [-0.4, -0.2) is 53.9 Å². The largest absolute Gasteiger partial charge is 0.383 e. The second kappa shape index (κ2) is 8.54. The van der Waals surface area contributed by atoms with Crippen molar-refractivity contribution in [3.8, 4) is 11.1 Å². The molecule has 172 valence electrons. The lowest BCUT2D eigenvalue weighted by molar-refractivity contribution is 0.401. The summed E-state index contributed by atoms with van der Waals surface area (Å²) in [5.74, 6) is 1.55. The van der Waals surface area contributed by atoms with Crippen LogP contribution in [0.25, 0.3) is 27.7 Å². The van der Waals surface area contributed by atoms with Crippen molar-refractivity contribution >= 4 is 54.1 Å². The lowest BCUT2D eigenvalue weighted by Crippen LogP contribution is -2.39. The molecule has 33 heavy (non-hydrogen) atoms. The number of pyridine rings is 1. The van der Waals surface area contributed by atoms with E-state index in [0.29, 0.717) is 28.4 Å². The minimum absolute atomic E-state index is 0.296. The van der Waals surface area contributed by atoms with E-state index in [0.717, 1.165) is 53.8 Å². The van der Waals surface area contributed by atoms with E-state index in [4.69, 9.17) is 10.7 Å². The smallest absolute Gasteiger partial charge is 0.208 e. The maximum Gasteiger partial charge on any atom is 0.208 e. The molecule has 4 aromatic rings. The van der Waals surface area contributed by atoms with E-state index >= 15 is 0 Å². The number of rotatable bonds is 5. The second-order valence-electron chi connectivity index (χ2n) is 8.40. The Morgan fingerprint density at radius 3 is 2.73 bits per heavy atom. The average Bonchev–Trinajstić information content (AvgIpc) is 3.24. The van der Waals surface area contributed by atoms with Gasteiger partial charge in [0, 0.05) is 42.3 Å². The molecule has 0 bridgehead atoms. The summed E-state index contributed by atoms with van der Waals surface area (Å²) in [4.78, 5) is 11.7. The number of piperidine rings is 1. The Balaban J connectivity index is 1.46. The molecule has 0 amide bonds. The number of benzene rings is 1. The molecule has 0 radical (unpaired) electrons. The summed E-state index contributed by atoms with van der Waals surface area (Å²) in [5.41, 5.74) is 9.81. The quantitative estimate of drug-likeness (QED) is 0.407. The predicted octanol–water partition coefficient (Wildman–Crippen LogP) is 3.05. The van der Waals surface area contributed by atoms with Gasteiger partial charge in [-0.15, -0.1) is 0 Å². The van der Waals surface area contributed by atoms with E-state index < -0.39 is 10.0 Å².